The number of benzene rings is 1. The molecule has 0 unspecified atom stereocenters. The molecule has 24 heavy (non-hydrogen) atoms. The number of hydrogen-bond acceptors (Lipinski definition) is 5. The van der Waals surface area contributed by atoms with Crippen molar-refractivity contribution in [2.75, 3.05) is 37.1 Å². The zero-order chi connectivity index (χ0) is 16.2. The van der Waals surface area contributed by atoms with Crippen molar-refractivity contribution < 1.29 is 0 Å². The Morgan fingerprint density at radius 2 is 2.08 bits per heavy atom. The smallest absolute Gasteiger partial charge is 0.224 e. The number of nitrogens with zero attached hydrogens (tertiary/aromatic N) is 2. The largest absolute Gasteiger partial charge is 0.350 e. The summed E-state index contributed by atoms with van der Waals surface area (Å²) in [5.41, 5.74) is 1.05. The minimum absolute atomic E-state index is 0. The molecule has 0 amide bonds. The molecule has 2 aromatic rings. The molecule has 0 aliphatic carbocycles. The molecule has 3 N–H and O–H groups in total. The molecule has 3 rings (SSSR count). The number of nitrogens with one attached hydrogen (secondary N) is 3. The first-order chi connectivity index (χ1) is 11.1. The Morgan fingerprint density at radius 3 is 2.79 bits per heavy atom. The van der Waals surface area contributed by atoms with E-state index in [9.17, 15) is 0 Å². The topological polar surface area (TPSA) is 61.9 Å². The summed E-state index contributed by atoms with van der Waals surface area (Å²) >= 11 is 6.27. The monoisotopic (exact) mass is 385 g/mol. The van der Waals surface area contributed by atoms with Crippen molar-refractivity contribution >= 4 is 54.7 Å². The highest BCUT2D eigenvalue weighted by atomic mass is 35.5. The Hall–Kier alpha value is -1.13. The summed E-state index contributed by atoms with van der Waals surface area (Å²) < 4.78 is 0. The van der Waals surface area contributed by atoms with Gasteiger partial charge in [0.15, 0.2) is 5.82 Å². The van der Waals surface area contributed by atoms with Crippen LogP contribution in [0.1, 0.15) is 6.42 Å². The van der Waals surface area contributed by atoms with Crippen LogP contribution < -0.4 is 21.3 Å². The normalized spacial score (nSPS) is 16.8. The summed E-state index contributed by atoms with van der Waals surface area (Å²) in [6.45, 7) is 6.43. The average Bonchev–Trinajstić information content (AvgIpc) is 3.04. The standard InChI is InChI=1S/C16H21ClN5P.ClH/c1-23(2)14-6-4-3-5-13(14)21-15-12(17)10-19-16(22-15)20-11-7-8-18-9-11;/h3-6,10-11,18H,7-9H2,1-2H3,(H2,19,20,21,22);1H/t11-;/m1./s1. The van der Waals surface area contributed by atoms with Crippen LogP contribution in [-0.4, -0.2) is 42.4 Å². The maximum Gasteiger partial charge on any atom is 0.224 e. The van der Waals surface area contributed by atoms with E-state index in [1.54, 1.807) is 6.20 Å². The number of halogens is 2. The molecule has 130 valence electrons. The Balaban J connectivity index is 0.00000208. The molecule has 1 fully saturated rings. The van der Waals surface area contributed by atoms with Gasteiger partial charge < -0.3 is 16.0 Å². The quantitative estimate of drug-likeness (QED) is 0.688. The van der Waals surface area contributed by atoms with Gasteiger partial charge in [0, 0.05) is 18.3 Å². The van der Waals surface area contributed by atoms with Crippen molar-refractivity contribution in [2.45, 2.75) is 12.5 Å². The van der Waals surface area contributed by atoms with Crippen molar-refractivity contribution in [1.82, 2.24) is 15.3 Å². The number of aromatic nitrogens is 2. The molecule has 0 saturated carbocycles. The predicted molar refractivity (Wildman–Crippen MR) is 107 cm³/mol. The van der Waals surface area contributed by atoms with Crippen molar-refractivity contribution in [3.8, 4) is 0 Å². The summed E-state index contributed by atoms with van der Waals surface area (Å²) in [6.07, 6.45) is 2.72. The molecule has 1 aliphatic heterocycles. The van der Waals surface area contributed by atoms with E-state index in [0.29, 0.717) is 22.8 Å². The van der Waals surface area contributed by atoms with Gasteiger partial charge in [-0.2, -0.15) is 4.98 Å². The van der Waals surface area contributed by atoms with Gasteiger partial charge in [-0.1, -0.05) is 37.7 Å². The highest BCUT2D eigenvalue weighted by molar-refractivity contribution is 7.64. The summed E-state index contributed by atoms with van der Waals surface area (Å²) in [6, 6.07) is 8.65. The maximum atomic E-state index is 6.27. The van der Waals surface area contributed by atoms with Crippen LogP contribution in [0.5, 0.6) is 0 Å². The molecule has 1 aliphatic rings. The van der Waals surface area contributed by atoms with Crippen LogP contribution in [0.25, 0.3) is 0 Å². The lowest BCUT2D eigenvalue weighted by atomic mass is 10.3. The number of rotatable bonds is 5. The molecule has 2 heterocycles. The van der Waals surface area contributed by atoms with Crippen molar-refractivity contribution in [1.29, 1.82) is 0 Å². The predicted octanol–water partition coefficient (Wildman–Crippen LogP) is 3.44. The minimum Gasteiger partial charge on any atom is -0.350 e. The van der Waals surface area contributed by atoms with Crippen molar-refractivity contribution in [3.63, 3.8) is 0 Å². The summed E-state index contributed by atoms with van der Waals surface area (Å²) in [5, 5.41) is 11.9. The van der Waals surface area contributed by atoms with Crippen LogP contribution in [0.15, 0.2) is 30.5 Å². The van der Waals surface area contributed by atoms with Crippen LogP contribution in [0.3, 0.4) is 0 Å². The summed E-state index contributed by atoms with van der Waals surface area (Å²) in [4.78, 5) is 8.83. The second-order valence-corrected chi connectivity index (χ2v) is 8.44. The molecule has 1 aromatic carbocycles. The lowest BCUT2D eigenvalue weighted by Crippen LogP contribution is -2.23. The molecule has 0 spiro atoms. The summed E-state index contributed by atoms with van der Waals surface area (Å²) in [7, 11) is -0.214. The number of anilines is 3. The van der Waals surface area contributed by atoms with Gasteiger partial charge >= 0.3 is 0 Å². The third-order valence-electron chi connectivity index (χ3n) is 3.78. The minimum atomic E-state index is -0.214. The average molecular weight is 386 g/mol. The molecule has 8 heteroatoms. The van der Waals surface area contributed by atoms with Crippen LogP contribution in [-0.2, 0) is 0 Å². The van der Waals surface area contributed by atoms with Crippen LogP contribution in [0.2, 0.25) is 5.02 Å². The molecule has 0 radical (unpaired) electrons. The maximum absolute atomic E-state index is 6.27. The first-order valence-corrected chi connectivity index (χ1v) is 10.3. The lowest BCUT2D eigenvalue weighted by molar-refractivity contribution is 0.781. The Kier molecular flexibility index (Phi) is 7.05. The molecule has 0 bridgehead atoms. The molecule has 1 aromatic heterocycles. The highest BCUT2D eigenvalue weighted by Gasteiger charge is 2.16. The van der Waals surface area contributed by atoms with E-state index in [4.69, 9.17) is 11.6 Å². The van der Waals surface area contributed by atoms with Crippen LogP contribution in [0, 0.1) is 0 Å². The van der Waals surface area contributed by atoms with Gasteiger partial charge in [-0.15, -0.1) is 12.4 Å². The number of para-hydroxylation sites is 1. The van der Waals surface area contributed by atoms with Gasteiger partial charge in [-0.05, 0) is 37.7 Å². The van der Waals surface area contributed by atoms with Gasteiger partial charge in [0.05, 0.1) is 6.20 Å². The van der Waals surface area contributed by atoms with E-state index < -0.39 is 0 Å². The first-order valence-electron chi connectivity index (χ1n) is 7.66. The SMILES string of the molecule is CP(C)c1ccccc1Nc1nc(N[C@@H]2CCNC2)ncc1Cl.Cl. The molecule has 1 saturated heterocycles. The Bertz CT molecular complexity index is 677. The summed E-state index contributed by atoms with van der Waals surface area (Å²) in [5.74, 6) is 1.25. The van der Waals surface area contributed by atoms with E-state index in [1.807, 2.05) is 6.07 Å². The second kappa shape index (κ2) is 8.82. The molecule has 1 atom stereocenters. The Morgan fingerprint density at radius 1 is 1.29 bits per heavy atom. The zero-order valence-electron chi connectivity index (χ0n) is 13.7. The fourth-order valence-electron chi connectivity index (χ4n) is 2.58. The molecule has 5 nitrogen and oxygen atoms in total. The van der Waals surface area contributed by atoms with E-state index >= 15 is 0 Å². The van der Waals surface area contributed by atoms with Crippen molar-refractivity contribution in [2.24, 2.45) is 0 Å². The third-order valence-corrected chi connectivity index (χ3v) is 5.41. The molecular formula is C16H22Cl2N5P. The van der Waals surface area contributed by atoms with Gasteiger partial charge in [0.2, 0.25) is 5.95 Å². The van der Waals surface area contributed by atoms with E-state index in [0.717, 1.165) is 25.2 Å². The lowest BCUT2D eigenvalue weighted by Gasteiger charge is -2.16. The molecular weight excluding hydrogens is 364 g/mol. The highest BCUT2D eigenvalue weighted by Crippen LogP contribution is 2.31. The van der Waals surface area contributed by atoms with Gasteiger partial charge in [-0.3, -0.25) is 0 Å². The zero-order valence-corrected chi connectivity index (χ0v) is 16.2. The first kappa shape index (κ1) is 19.2. The fourth-order valence-corrected chi connectivity index (χ4v) is 3.72. The fraction of sp³-hybridized carbons (Fsp3) is 0.375. The Labute approximate surface area is 155 Å². The second-order valence-electron chi connectivity index (χ2n) is 5.76. The van der Waals surface area contributed by atoms with Crippen LogP contribution in [0.4, 0.5) is 17.5 Å². The van der Waals surface area contributed by atoms with Gasteiger partial charge in [0.1, 0.15) is 5.02 Å². The van der Waals surface area contributed by atoms with E-state index in [2.05, 4.69) is 57.4 Å². The van der Waals surface area contributed by atoms with Gasteiger partial charge in [-0.25, -0.2) is 4.98 Å². The van der Waals surface area contributed by atoms with E-state index in [-0.39, 0.29) is 20.3 Å². The van der Waals surface area contributed by atoms with E-state index in [1.165, 1.54) is 5.30 Å². The van der Waals surface area contributed by atoms with Crippen molar-refractivity contribution in [3.05, 3.63) is 35.5 Å². The van der Waals surface area contributed by atoms with Crippen LogP contribution >= 0.6 is 31.9 Å². The number of hydrogen-bond donors (Lipinski definition) is 3. The third kappa shape index (κ3) is 4.70. The van der Waals surface area contributed by atoms with Gasteiger partial charge in [0.25, 0.3) is 0 Å².